The van der Waals surface area contributed by atoms with E-state index in [4.69, 9.17) is 19.2 Å². The number of fused-ring (bicyclic) bond motifs is 1. The lowest BCUT2D eigenvalue weighted by molar-refractivity contribution is 0.0369. The molecule has 0 amide bonds. The van der Waals surface area contributed by atoms with Gasteiger partial charge < -0.3 is 18.8 Å². The number of hydrogen-bond donors (Lipinski definition) is 0. The molecule has 0 atom stereocenters. The molecule has 1 aromatic heterocycles. The van der Waals surface area contributed by atoms with Gasteiger partial charge in [0.1, 0.15) is 5.75 Å². The number of hydrogen-bond acceptors (Lipinski definition) is 8. The Labute approximate surface area is 229 Å². The van der Waals surface area contributed by atoms with Crippen LogP contribution in [0.4, 0.5) is 0 Å². The molecule has 0 bridgehead atoms. The second-order valence-corrected chi connectivity index (χ2v) is 12.3. The van der Waals surface area contributed by atoms with E-state index in [0.29, 0.717) is 38.4 Å². The largest absolute Gasteiger partial charge is 0.494 e. The number of ether oxygens (including phenoxy) is 3. The average molecular weight is 561 g/mol. The van der Waals surface area contributed by atoms with E-state index in [1.807, 2.05) is 25.1 Å². The number of rotatable bonds is 11. The van der Waals surface area contributed by atoms with E-state index < -0.39 is 10.0 Å². The first-order valence-electron chi connectivity index (χ1n) is 13.3. The Hall–Kier alpha value is -2.15. The van der Waals surface area contributed by atoms with Gasteiger partial charge >= 0.3 is 0 Å². The van der Waals surface area contributed by atoms with Crippen LogP contribution in [-0.4, -0.2) is 92.9 Å². The predicted molar refractivity (Wildman–Crippen MR) is 148 cm³/mol. The summed E-state index contributed by atoms with van der Waals surface area (Å²) in [5, 5.41) is 0.900. The van der Waals surface area contributed by atoms with Gasteiger partial charge in [0, 0.05) is 45.0 Å². The molecular weight excluding hydrogens is 524 g/mol. The fraction of sp³-hybridized carbons (Fsp3) is 0.519. The highest BCUT2D eigenvalue weighted by Gasteiger charge is 2.27. The van der Waals surface area contributed by atoms with Crippen molar-refractivity contribution in [1.29, 1.82) is 0 Å². The summed E-state index contributed by atoms with van der Waals surface area (Å²) in [6.07, 6.45) is 0.982. The summed E-state index contributed by atoms with van der Waals surface area (Å²) in [6.45, 7) is 9.53. The first kappa shape index (κ1) is 27.4. The van der Waals surface area contributed by atoms with Crippen LogP contribution in [0.15, 0.2) is 52.5 Å². The van der Waals surface area contributed by atoms with Crippen molar-refractivity contribution in [2.75, 3.05) is 65.8 Å². The Morgan fingerprint density at radius 2 is 1.66 bits per heavy atom. The Morgan fingerprint density at radius 1 is 0.947 bits per heavy atom. The van der Waals surface area contributed by atoms with Gasteiger partial charge in [0.25, 0.3) is 0 Å². The highest BCUT2D eigenvalue weighted by Crippen LogP contribution is 2.30. The third kappa shape index (κ3) is 6.52. The fourth-order valence-corrected chi connectivity index (χ4v) is 7.21. The molecule has 2 fully saturated rings. The molecule has 206 valence electrons. The second kappa shape index (κ2) is 12.8. The minimum atomic E-state index is -3.59. The molecule has 0 unspecified atom stereocenters. The minimum absolute atomic E-state index is 0.285. The van der Waals surface area contributed by atoms with E-state index >= 15 is 0 Å². The molecule has 2 aromatic carbocycles. The number of sulfonamides is 1. The van der Waals surface area contributed by atoms with Crippen LogP contribution in [0.3, 0.4) is 0 Å². The molecule has 0 radical (unpaired) electrons. The number of aryl methyl sites for hydroxylation is 1. The molecular formula is C27H36N4O5S2. The average Bonchev–Trinajstić information content (AvgIpc) is 3.30. The van der Waals surface area contributed by atoms with E-state index in [1.54, 1.807) is 23.9 Å². The van der Waals surface area contributed by atoms with Crippen molar-refractivity contribution in [1.82, 2.24) is 18.8 Å². The summed E-state index contributed by atoms with van der Waals surface area (Å²) in [6, 6.07) is 13.5. The number of morpholine rings is 2. The van der Waals surface area contributed by atoms with Gasteiger partial charge in [-0.05, 0) is 49.2 Å². The van der Waals surface area contributed by atoms with Crippen LogP contribution in [-0.2, 0) is 31.8 Å². The molecule has 0 saturated carbocycles. The topological polar surface area (TPSA) is 86.1 Å². The molecule has 3 aromatic rings. The van der Waals surface area contributed by atoms with Crippen molar-refractivity contribution in [3.63, 3.8) is 0 Å². The van der Waals surface area contributed by atoms with E-state index in [1.165, 1.54) is 9.87 Å². The minimum Gasteiger partial charge on any atom is -0.494 e. The Morgan fingerprint density at radius 3 is 2.37 bits per heavy atom. The molecule has 11 heteroatoms. The normalized spacial score (nSPS) is 17.7. The summed E-state index contributed by atoms with van der Waals surface area (Å²) in [7, 11) is -3.59. The van der Waals surface area contributed by atoms with E-state index in [9.17, 15) is 8.42 Å². The van der Waals surface area contributed by atoms with Gasteiger partial charge in [-0.1, -0.05) is 23.9 Å². The van der Waals surface area contributed by atoms with Crippen molar-refractivity contribution < 1.29 is 22.6 Å². The molecule has 38 heavy (non-hydrogen) atoms. The van der Waals surface area contributed by atoms with Gasteiger partial charge in [-0.3, -0.25) is 4.90 Å². The van der Waals surface area contributed by atoms with Crippen LogP contribution in [0.2, 0.25) is 0 Å². The van der Waals surface area contributed by atoms with Gasteiger partial charge in [0.05, 0.1) is 49.0 Å². The van der Waals surface area contributed by atoms with Crippen LogP contribution in [0.5, 0.6) is 5.75 Å². The van der Waals surface area contributed by atoms with E-state index in [-0.39, 0.29) is 4.90 Å². The number of thioether (sulfide) groups is 1. The second-order valence-electron chi connectivity index (χ2n) is 9.39. The zero-order valence-corrected chi connectivity index (χ0v) is 23.5. The highest BCUT2D eigenvalue weighted by molar-refractivity contribution is 7.98. The number of imidazole rings is 1. The number of aromatic nitrogens is 2. The van der Waals surface area contributed by atoms with Gasteiger partial charge in [-0.15, -0.1) is 0 Å². The molecule has 2 saturated heterocycles. The Bertz CT molecular complexity index is 1300. The van der Waals surface area contributed by atoms with Gasteiger partial charge in [-0.2, -0.15) is 4.31 Å². The van der Waals surface area contributed by atoms with Crippen LogP contribution < -0.4 is 4.74 Å². The summed E-state index contributed by atoms with van der Waals surface area (Å²) >= 11 is 1.67. The first-order valence-corrected chi connectivity index (χ1v) is 15.7. The molecule has 0 spiro atoms. The number of benzene rings is 2. The van der Waals surface area contributed by atoms with Crippen molar-refractivity contribution in [2.45, 2.75) is 35.7 Å². The standard InChI is InChI=1S/C27H36N4O5S2/c1-2-36-23-6-4-22(5-7-23)21-37-27-28-25-20-24(38(32,33)30-14-18-35-19-15-30)8-9-26(25)31(27)11-3-10-29-12-16-34-17-13-29/h4-9,20H,2-3,10-19,21H2,1H3. The predicted octanol–water partition coefficient (Wildman–Crippen LogP) is 3.47. The summed E-state index contributed by atoms with van der Waals surface area (Å²) in [5.74, 6) is 1.63. The van der Waals surface area contributed by atoms with Crippen molar-refractivity contribution >= 4 is 32.8 Å². The maximum absolute atomic E-state index is 13.3. The summed E-state index contributed by atoms with van der Waals surface area (Å²) < 4.78 is 46.6. The van der Waals surface area contributed by atoms with Crippen molar-refractivity contribution in [3.8, 4) is 5.75 Å². The smallest absolute Gasteiger partial charge is 0.243 e. The Balaban J connectivity index is 1.37. The zero-order chi connectivity index (χ0) is 26.4. The van der Waals surface area contributed by atoms with Crippen LogP contribution in [0.1, 0.15) is 18.9 Å². The van der Waals surface area contributed by atoms with Gasteiger partial charge in [-0.25, -0.2) is 13.4 Å². The summed E-state index contributed by atoms with van der Waals surface area (Å²) in [5.41, 5.74) is 2.85. The van der Waals surface area contributed by atoms with Crippen LogP contribution in [0, 0.1) is 0 Å². The highest BCUT2D eigenvalue weighted by atomic mass is 32.2. The third-order valence-corrected chi connectivity index (χ3v) is 9.80. The lowest BCUT2D eigenvalue weighted by atomic mass is 10.2. The molecule has 3 heterocycles. The van der Waals surface area contributed by atoms with Crippen LogP contribution in [0.25, 0.3) is 11.0 Å². The Kier molecular flexibility index (Phi) is 9.24. The van der Waals surface area contributed by atoms with Gasteiger partial charge in [0.2, 0.25) is 10.0 Å². The van der Waals surface area contributed by atoms with Gasteiger partial charge in [0.15, 0.2) is 5.16 Å². The molecule has 2 aliphatic rings. The van der Waals surface area contributed by atoms with E-state index in [0.717, 1.165) is 68.0 Å². The molecule has 9 nitrogen and oxygen atoms in total. The molecule has 2 aliphatic heterocycles. The van der Waals surface area contributed by atoms with Crippen molar-refractivity contribution in [2.24, 2.45) is 0 Å². The monoisotopic (exact) mass is 560 g/mol. The molecule has 0 N–H and O–H groups in total. The maximum atomic E-state index is 13.3. The summed E-state index contributed by atoms with van der Waals surface area (Å²) in [4.78, 5) is 7.64. The zero-order valence-electron chi connectivity index (χ0n) is 21.9. The lowest BCUT2D eigenvalue weighted by Gasteiger charge is -2.26. The molecule has 5 rings (SSSR count). The quantitative estimate of drug-likeness (QED) is 0.330. The SMILES string of the molecule is CCOc1ccc(CSc2nc3cc(S(=O)(=O)N4CCOCC4)ccc3n2CCCN2CCOCC2)cc1. The molecule has 0 aliphatic carbocycles. The first-order chi connectivity index (χ1) is 18.5. The third-order valence-electron chi connectivity index (χ3n) is 6.85. The van der Waals surface area contributed by atoms with E-state index in [2.05, 4.69) is 21.6 Å². The van der Waals surface area contributed by atoms with Crippen LogP contribution >= 0.6 is 11.8 Å². The lowest BCUT2D eigenvalue weighted by Crippen LogP contribution is -2.40. The maximum Gasteiger partial charge on any atom is 0.243 e. The number of nitrogens with zero attached hydrogens (tertiary/aromatic N) is 4. The van der Waals surface area contributed by atoms with Crippen molar-refractivity contribution in [3.05, 3.63) is 48.0 Å². The fourth-order valence-electron chi connectivity index (χ4n) is 4.78.